The average Bonchev–Trinajstić information content (AvgIpc) is 2.62. The van der Waals surface area contributed by atoms with E-state index in [1.54, 1.807) is 6.20 Å². The zero-order valence-corrected chi connectivity index (χ0v) is 7.77. The molecule has 0 aromatic carbocycles. The second kappa shape index (κ2) is 4.81. The molecule has 0 spiro atoms. The first-order valence-corrected chi connectivity index (χ1v) is 4.28. The van der Waals surface area contributed by atoms with Gasteiger partial charge in [-0.1, -0.05) is 0 Å². The molecular weight excluding hydrogens is 211 g/mol. The van der Waals surface area contributed by atoms with Crippen LogP contribution in [0.5, 0.6) is 0 Å². The van der Waals surface area contributed by atoms with Gasteiger partial charge in [-0.05, 0) is 0 Å². The number of aromatic nitrogens is 2. The van der Waals surface area contributed by atoms with Crippen LogP contribution in [0.25, 0.3) is 0 Å². The minimum absolute atomic E-state index is 0.188. The van der Waals surface area contributed by atoms with E-state index in [9.17, 15) is 18.0 Å². The molecule has 1 aromatic rings. The highest BCUT2D eigenvalue weighted by Crippen LogP contribution is 2.20. The molecule has 1 aromatic heterocycles. The first-order valence-electron chi connectivity index (χ1n) is 4.28. The SMILES string of the molecule is O=C(CCC(F)(F)F)NCc1cn[nH]c1. The van der Waals surface area contributed by atoms with Crippen LogP contribution in [0.2, 0.25) is 0 Å². The zero-order chi connectivity index (χ0) is 11.3. The van der Waals surface area contributed by atoms with Crippen LogP contribution in [-0.2, 0) is 11.3 Å². The number of halogens is 3. The van der Waals surface area contributed by atoms with E-state index in [1.807, 2.05) is 0 Å². The van der Waals surface area contributed by atoms with Crippen LogP contribution in [0, 0.1) is 0 Å². The molecule has 1 amide bonds. The Labute approximate surface area is 83.9 Å². The fourth-order valence-electron chi connectivity index (χ4n) is 0.919. The van der Waals surface area contributed by atoms with Crippen LogP contribution >= 0.6 is 0 Å². The van der Waals surface area contributed by atoms with Crippen molar-refractivity contribution in [3.05, 3.63) is 18.0 Å². The number of nitrogens with zero attached hydrogens (tertiary/aromatic N) is 1. The van der Waals surface area contributed by atoms with E-state index in [-0.39, 0.29) is 6.54 Å². The summed E-state index contributed by atoms with van der Waals surface area (Å²) in [5, 5.41) is 8.52. The fourth-order valence-corrected chi connectivity index (χ4v) is 0.919. The van der Waals surface area contributed by atoms with Crippen molar-refractivity contribution < 1.29 is 18.0 Å². The lowest BCUT2D eigenvalue weighted by molar-refractivity contribution is -0.144. The Balaban J connectivity index is 2.20. The first-order chi connectivity index (χ1) is 6.97. The maximum Gasteiger partial charge on any atom is 0.389 e. The Morgan fingerprint density at radius 2 is 2.27 bits per heavy atom. The molecule has 0 aliphatic rings. The molecular formula is C8H10F3N3O. The van der Waals surface area contributed by atoms with Crippen molar-refractivity contribution in [1.29, 1.82) is 0 Å². The van der Waals surface area contributed by atoms with Crippen LogP contribution in [-0.4, -0.2) is 22.3 Å². The molecule has 0 aliphatic carbocycles. The number of carbonyl (C=O) groups is 1. The van der Waals surface area contributed by atoms with Crippen molar-refractivity contribution in [1.82, 2.24) is 15.5 Å². The van der Waals surface area contributed by atoms with E-state index in [2.05, 4.69) is 15.5 Å². The number of nitrogens with one attached hydrogen (secondary N) is 2. The highest BCUT2D eigenvalue weighted by Gasteiger charge is 2.27. The molecule has 0 aliphatic heterocycles. The molecule has 1 rings (SSSR count). The summed E-state index contributed by atoms with van der Waals surface area (Å²) >= 11 is 0. The Kier molecular flexibility index (Phi) is 3.70. The van der Waals surface area contributed by atoms with Crippen LogP contribution in [0.4, 0.5) is 13.2 Å². The molecule has 84 valence electrons. The number of carbonyl (C=O) groups excluding carboxylic acids is 1. The van der Waals surface area contributed by atoms with Gasteiger partial charge in [-0.3, -0.25) is 9.89 Å². The normalized spacial score (nSPS) is 11.4. The monoisotopic (exact) mass is 221 g/mol. The van der Waals surface area contributed by atoms with Crippen LogP contribution in [0.3, 0.4) is 0 Å². The van der Waals surface area contributed by atoms with E-state index in [4.69, 9.17) is 0 Å². The summed E-state index contributed by atoms with van der Waals surface area (Å²) in [4.78, 5) is 10.9. The largest absolute Gasteiger partial charge is 0.389 e. The van der Waals surface area contributed by atoms with Gasteiger partial charge in [-0.25, -0.2) is 0 Å². The number of hydrogen-bond donors (Lipinski definition) is 2. The lowest BCUT2D eigenvalue weighted by Gasteiger charge is -2.06. The summed E-state index contributed by atoms with van der Waals surface area (Å²) < 4.78 is 35.2. The van der Waals surface area contributed by atoms with E-state index in [0.29, 0.717) is 0 Å². The number of alkyl halides is 3. The van der Waals surface area contributed by atoms with Crippen LogP contribution in [0.1, 0.15) is 18.4 Å². The Morgan fingerprint density at radius 3 is 2.80 bits per heavy atom. The van der Waals surface area contributed by atoms with Crippen molar-refractivity contribution in [2.45, 2.75) is 25.6 Å². The summed E-state index contributed by atoms with van der Waals surface area (Å²) in [6, 6.07) is 0. The van der Waals surface area contributed by atoms with Gasteiger partial charge in [0.2, 0.25) is 5.91 Å². The van der Waals surface area contributed by atoms with Crippen molar-refractivity contribution in [2.24, 2.45) is 0 Å². The number of H-pyrrole nitrogens is 1. The third-order valence-corrected chi connectivity index (χ3v) is 1.68. The summed E-state index contributed by atoms with van der Waals surface area (Å²) in [6.07, 6.45) is -2.87. The van der Waals surface area contributed by atoms with E-state index in [1.165, 1.54) is 6.20 Å². The second-order valence-electron chi connectivity index (χ2n) is 3.00. The summed E-state index contributed by atoms with van der Waals surface area (Å²) in [5.41, 5.74) is 0.718. The number of rotatable bonds is 4. The molecule has 0 saturated carbocycles. The van der Waals surface area contributed by atoms with Crippen LogP contribution < -0.4 is 5.32 Å². The average molecular weight is 221 g/mol. The maximum atomic E-state index is 11.7. The molecule has 7 heteroatoms. The van der Waals surface area contributed by atoms with Gasteiger partial charge in [-0.2, -0.15) is 18.3 Å². The highest BCUT2D eigenvalue weighted by molar-refractivity contribution is 5.75. The van der Waals surface area contributed by atoms with E-state index in [0.717, 1.165) is 5.56 Å². The first kappa shape index (κ1) is 11.5. The molecule has 0 radical (unpaired) electrons. The fraction of sp³-hybridized carbons (Fsp3) is 0.500. The van der Waals surface area contributed by atoms with Gasteiger partial charge in [0, 0.05) is 24.7 Å². The molecule has 1 heterocycles. The van der Waals surface area contributed by atoms with Crippen molar-refractivity contribution in [3.8, 4) is 0 Å². The van der Waals surface area contributed by atoms with Gasteiger partial charge in [-0.15, -0.1) is 0 Å². The Bertz CT molecular complexity index is 307. The number of amides is 1. The van der Waals surface area contributed by atoms with Crippen molar-refractivity contribution in [2.75, 3.05) is 0 Å². The smallest absolute Gasteiger partial charge is 0.352 e. The van der Waals surface area contributed by atoms with Gasteiger partial charge < -0.3 is 5.32 Å². The van der Waals surface area contributed by atoms with Crippen LogP contribution in [0.15, 0.2) is 12.4 Å². The standard InChI is InChI=1S/C8H10F3N3O/c9-8(10,11)2-1-7(15)12-3-6-4-13-14-5-6/h4-5H,1-3H2,(H,12,15)(H,13,14). The summed E-state index contributed by atoms with van der Waals surface area (Å²) in [7, 11) is 0. The molecule has 0 bridgehead atoms. The minimum atomic E-state index is -4.28. The topological polar surface area (TPSA) is 57.8 Å². The molecule has 0 unspecified atom stereocenters. The maximum absolute atomic E-state index is 11.7. The Morgan fingerprint density at radius 1 is 1.53 bits per heavy atom. The number of hydrogen-bond acceptors (Lipinski definition) is 2. The number of aromatic amines is 1. The lowest BCUT2D eigenvalue weighted by atomic mass is 10.3. The van der Waals surface area contributed by atoms with Gasteiger partial charge in [0.25, 0.3) is 0 Å². The van der Waals surface area contributed by atoms with Gasteiger partial charge >= 0.3 is 6.18 Å². The van der Waals surface area contributed by atoms with E-state index >= 15 is 0 Å². The zero-order valence-electron chi connectivity index (χ0n) is 7.77. The van der Waals surface area contributed by atoms with Crippen molar-refractivity contribution in [3.63, 3.8) is 0 Å². The van der Waals surface area contributed by atoms with Crippen molar-refractivity contribution >= 4 is 5.91 Å². The molecule has 0 saturated heterocycles. The molecule has 2 N–H and O–H groups in total. The van der Waals surface area contributed by atoms with E-state index < -0.39 is 24.9 Å². The highest BCUT2D eigenvalue weighted by atomic mass is 19.4. The summed E-state index contributed by atoms with van der Waals surface area (Å²) in [5.74, 6) is -0.617. The minimum Gasteiger partial charge on any atom is -0.352 e. The predicted molar refractivity (Wildman–Crippen MR) is 45.7 cm³/mol. The molecule has 0 fully saturated rings. The van der Waals surface area contributed by atoms with Gasteiger partial charge in [0.05, 0.1) is 12.6 Å². The molecule has 15 heavy (non-hydrogen) atoms. The third-order valence-electron chi connectivity index (χ3n) is 1.68. The third kappa shape index (κ3) is 5.04. The molecule has 0 atom stereocenters. The Hall–Kier alpha value is -1.53. The second-order valence-corrected chi connectivity index (χ2v) is 3.00. The lowest BCUT2D eigenvalue weighted by Crippen LogP contribution is -2.24. The van der Waals surface area contributed by atoms with Gasteiger partial charge in [0.1, 0.15) is 0 Å². The summed E-state index contributed by atoms with van der Waals surface area (Å²) in [6.45, 7) is 0.188. The molecule has 4 nitrogen and oxygen atoms in total. The van der Waals surface area contributed by atoms with Gasteiger partial charge in [0.15, 0.2) is 0 Å². The quantitative estimate of drug-likeness (QED) is 0.806. The predicted octanol–water partition coefficient (Wildman–Crippen LogP) is 1.37.